The molecule has 1 heterocycles. The summed E-state index contributed by atoms with van der Waals surface area (Å²) >= 11 is 0. The van der Waals surface area contributed by atoms with Crippen molar-refractivity contribution >= 4 is 5.82 Å². The number of nitrogens with two attached hydrogens (primary N) is 1. The molecule has 90 valence electrons. The van der Waals surface area contributed by atoms with Crippen molar-refractivity contribution in [1.29, 1.82) is 0 Å². The molecule has 5 heteroatoms. The third-order valence-electron chi connectivity index (χ3n) is 2.28. The number of ether oxygens (including phenoxy) is 1. The third kappa shape index (κ3) is 2.90. The third-order valence-corrected chi connectivity index (χ3v) is 2.28. The van der Waals surface area contributed by atoms with Crippen LogP contribution >= 0.6 is 0 Å². The van der Waals surface area contributed by atoms with Gasteiger partial charge in [0.1, 0.15) is 11.9 Å². The molecule has 1 rings (SSSR count). The zero-order valence-corrected chi connectivity index (χ0v) is 10.5. The van der Waals surface area contributed by atoms with Gasteiger partial charge in [0.15, 0.2) is 5.82 Å². The van der Waals surface area contributed by atoms with Crippen molar-refractivity contribution in [3.05, 3.63) is 17.6 Å². The van der Waals surface area contributed by atoms with E-state index < -0.39 is 0 Å². The van der Waals surface area contributed by atoms with Crippen LogP contribution in [-0.4, -0.2) is 17.1 Å². The predicted molar refractivity (Wildman–Crippen MR) is 63.8 cm³/mol. The maximum Gasteiger partial charge on any atom is 0.160 e. The molecule has 0 spiro atoms. The van der Waals surface area contributed by atoms with Crippen LogP contribution in [0.4, 0.5) is 5.82 Å². The molecule has 0 fully saturated rings. The summed E-state index contributed by atoms with van der Waals surface area (Å²) in [5, 5.41) is 0. The Morgan fingerprint density at radius 1 is 1.38 bits per heavy atom. The molecule has 16 heavy (non-hydrogen) atoms. The summed E-state index contributed by atoms with van der Waals surface area (Å²) in [5.41, 5.74) is 3.34. The second-order valence-electron chi connectivity index (χ2n) is 4.88. The van der Waals surface area contributed by atoms with Crippen molar-refractivity contribution in [2.75, 3.05) is 12.5 Å². The minimum absolute atomic E-state index is 0.0611. The fourth-order valence-electron chi connectivity index (χ4n) is 1.63. The number of methoxy groups -OCH3 is 1. The number of aromatic nitrogens is 2. The molecule has 0 radical (unpaired) electrons. The molecule has 0 bridgehead atoms. The highest BCUT2D eigenvalue weighted by Gasteiger charge is 2.29. The Labute approximate surface area is 96.4 Å². The van der Waals surface area contributed by atoms with Crippen molar-refractivity contribution in [3.8, 4) is 0 Å². The second-order valence-corrected chi connectivity index (χ2v) is 4.88. The van der Waals surface area contributed by atoms with Gasteiger partial charge in [0.05, 0.1) is 0 Å². The summed E-state index contributed by atoms with van der Waals surface area (Å²) in [5.74, 6) is 6.62. The molecule has 0 aliphatic carbocycles. The van der Waals surface area contributed by atoms with Gasteiger partial charge in [0.25, 0.3) is 0 Å². The molecule has 0 amide bonds. The summed E-state index contributed by atoms with van der Waals surface area (Å²) in [7, 11) is 1.66. The van der Waals surface area contributed by atoms with E-state index in [4.69, 9.17) is 10.6 Å². The molecule has 5 nitrogen and oxygen atoms in total. The first kappa shape index (κ1) is 12.9. The van der Waals surface area contributed by atoms with E-state index in [9.17, 15) is 0 Å². The number of anilines is 1. The highest BCUT2D eigenvalue weighted by atomic mass is 16.5. The summed E-state index contributed by atoms with van der Waals surface area (Å²) in [4.78, 5) is 8.71. The van der Waals surface area contributed by atoms with Crippen LogP contribution in [0.1, 0.15) is 38.4 Å². The summed E-state index contributed by atoms with van der Waals surface area (Å²) in [6, 6.07) is 1.79. The molecule has 0 saturated carbocycles. The maximum absolute atomic E-state index is 5.46. The second kappa shape index (κ2) is 4.76. The molecular weight excluding hydrogens is 204 g/mol. The number of nitrogens with one attached hydrogen (secondary N) is 1. The SMILES string of the molecule is COC(c1nc(C)cc(NN)n1)C(C)(C)C. The standard InChI is InChI=1S/C11H20N4O/c1-7-6-8(15-12)14-10(13-7)9(16-5)11(2,3)4/h6,9H,12H2,1-5H3,(H,13,14,15). The van der Waals surface area contributed by atoms with Gasteiger partial charge in [-0.3, -0.25) is 0 Å². The average molecular weight is 224 g/mol. The molecule has 3 N–H and O–H groups in total. The van der Waals surface area contributed by atoms with Gasteiger partial charge in [-0.1, -0.05) is 20.8 Å². The highest BCUT2D eigenvalue weighted by Crippen LogP contribution is 2.33. The number of nitrogens with zero attached hydrogens (tertiary/aromatic N) is 2. The number of hydrazine groups is 1. The van der Waals surface area contributed by atoms with Crippen LogP contribution in [0, 0.1) is 12.3 Å². The average Bonchev–Trinajstić information content (AvgIpc) is 2.15. The van der Waals surface area contributed by atoms with Crippen molar-refractivity contribution in [3.63, 3.8) is 0 Å². The largest absolute Gasteiger partial charge is 0.373 e. The maximum atomic E-state index is 5.46. The van der Waals surface area contributed by atoms with Crippen molar-refractivity contribution in [2.45, 2.75) is 33.8 Å². The Morgan fingerprint density at radius 3 is 2.44 bits per heavy atom. The Morgan fingerprint density at radius 2 is 2.00 bits per heavy atom. The van der Waals surface area contributed by atoms with E-state index >= 15 is 0 Å². The normalized spacial score (nSPS) is 13.6. The van der Waals surface area contributed by atoms with Gasteiger partial charge in [-0.15, -0.1) is 0 Å². The number of nitrogen functional groups attached to an aromatic ring is 1. The highest BCUT2D eigenvalue weighted by molar-refractivity contribution is 5.34. The van der Waals surface area contributed by atoms with Crippen molar-refractivity contribution < 1.29 is 4.74 Å². The van der Waals surface area contributed by atoms with Crippen LogP contribution in [0.15, 0.2) is 6.07 Å². The quantitative estimate of drug-likeness (QED) is 0.605. The lowest BCUT2D eigenvalue weighted by molar-refractivity contribution is 0.00865. The van der Waals surface area contributed by atoms with Gasteiger partial charge in [0.2, 0.25) is 0 Å². The van der Waals surface area contributed by atoms with Crippen molar-refractivity contribution in [2.24, 2.45) is 11.3 Å². The first-order chi connectivity index (χ1) is 7.38. The Kier molecular flexibility index (Phi) is 3.83. The molecule has 1 atom stereocenters. The van der Waals surface area contributed by atoms with E-state index in [2.05, 4.69) is 36.2 Å². The van der Waals surface area contributed by atoms with Crippen LogP contribution in [0.5, 0.6) is 0 Å². The van der Waals surface area contributed by atoms with Gasteiger partial charge in [-0.05, 0) is 12.3 Å². The number of rotatable bonds is 3. The zero-order valence-electron chi connectivity index (χ0n) is 10.5. The first-order valence-electron chi connectivity index (χ1n) is 5.23. The molecule has 0 saturated heterocycles. The Hall–Kier alpha value is -1.20. The molecule has 1 unspecified atom stereocenters. The first-order valence-corrected chi connectivity index (χ1v) is 5.23. The van der Waals surface area contributed by atoms with E-state index in [0.29, 0.717) is 11.6 Å². The molecule has 0 aromatic carbocycles. The van der Waals surface area contributed by atoms with Gasteiger partial charge in [-0.2, -0.15) is 0 Å². The lowest BCUT2D eigenvalue weighted by Gasteiger charge is -2.28. The smallest absolute Gasteiger partial charge is 0.160 e. The van der Waals surface area contributed by atoms with E-state index in [1.807, 2.05) is 6.92 Å². The van der Waals surface area contributed by atoms with Crippen LogP contribution in [-0.2, 0) is 4.74 Å². The topological polar surface area (TPSA) is 73.1 Å². The van der Waals surface area contributed by atoms with E-state index in [1.165, 1.54) is 0 Å². The Balaban J connectivity index is 3.15. The van der Waals surface area contributed by atoms with Gasteiger partial charge in [0, 0.05) is 18.9 Å². The van der Waals surface area contributed by atoms with E-state index in [1.54, 1.807) is 13.2 Å². The van der Waals surface area contributed by atoms with Crippen LogP contribution in [0.3, 0.4) is 0 Å². The number of hydrogen-bond acceptors (Lipinski definition) is 5. The van der Waals surface area contributed by atoms with Crippen LogP contribution < -0.4 is 11.3 Å². The fraction of sp³-hybridized carbons (Fsp3) is 0.636. The molecular formula is C11H20N4O. The van der Waals surface area contributed by atoms with E-state index in [0.717, 1.165) is 5.69 Å². The summed E-state index contributed by atoms with van der Waals surface area (Å²) < 4.78 is 5.46. The van der Waals surface area contributed by atoms with Crippen molar-refractivity contribution in [1.82, 2.24) is 9.97 Å². The molecule has 0 aliphatic rings. The predicted octanol–water partition coefficient (Wildman–Crippen LogP) is 1.80. The van der Waals surface area contributed by atoms with Crippen LogP contribution in [0.2, 0.25) is 0 Å². The molecule has 1 aromatic rings. The fourth-order valence-corrected chi connectivity index (χ4v) is 1.63. The van der Waals surface area contributed by atoms with Gasteiger partial charge in [-0.25, -0.2) is 15.8 Å². The minimum atomic E-state index is -0.153. The zero-order chi connectivity index (χ0) is 12.3. The lowest BCUT2D eigenvalue weighted by atomic mass is 9.88. The number of hydrogen-bond donors (Lipinski definition) is 2. The van der Waals surface area contributed by atoms with E-state index in [-0.39, 0.29) is 11.5 Å². The van der Waals surface area contributed by atoms with Crippen LogP contribution in [0.25, 0.3) is 0 Å². The lowest BCUT2D eigenvalue weighted by Crippen LogP contribution is -2.23. The monoisotopic (exact) mass is 224 g/mol. The van der Waals surface area contributed by atoms with Gasteiger partial charge < -0.3 is 10.2 Å². The molecule has 1 aromatic heterocycles. The minimum Gasteiger partial charge on any atom is -0.373 e. The number of aryl methyl sites for hydroxylation is 1. The van der Waals surface area contributed by atoms with Gasteiger partial charge >= 0.3 is 0 Å². The summed E-state index contributed by atoms with van der Waals surface area (Å²) in [6.07, 6.45) is -0.153. The summed E-state index contributed by atoms with van der Waals surface area (Å²) in [6.45, 7) is 8.16. The Bertz CT molecular complexity index is 359. The molecule has 0 aliphatic heterocycles.